The van der Waals surface area contributed by atoms with Crippen LogP contribution in [0.5, 0.6) is 0 Å². The minimum Gasteiger partial charge on any atom is -0.481 e. The molecular formula is C10H16O5. The molecule has 0 saturated heterocycles. The van der Waals surface area contributed by atoms with Gasteiger partial charge in [-0.2, -0.15) is 0 Å². The molecule has 86 valence electrons. The molecule has 0 amide bonds. The van der Waals surface area contributed by atoms with Gasteiger partial charge in [-0.1, -0.05) is 13.8 Å². The summed E-state index contributed by atoms with van der Waals surface area (Å²) in [5, 5.41) is 17.0. The van der Waals surface area contributed by atoms with Crippen molar-refractivity contribution < 1.29 is 24.6 Å². The summed E-state index contributed by atoms with van der Waals surface area (Å²) in [6.07, 6.45) is 0.341. The standard InChI is InChI=1S/C10H16O5/c1-6(2)5-7(3-4-8(11)12)9(13)10(14)15/h6-7H,3-5H2,1-2H3,(H,11,12)(H,14,15)/t7-/m1/s1. The number of carboxylic acid groups (broad SMARTS) is 2. The number of Topliss-reactive ketones (excluding diaryl/α,β-unsaturated/α-hetero) is 1. The van der Waals surface area contributed by atoms with Gasteiger partial charge < -0.3 is 10.2 Å². The van der Waals surface area contributed by atoms with Gasteiger partial charge in [0, 0.05) is 12.3 Å². The van der Waals surface area contributed by atoms with Crippen molar-refractivity contribution in [3.63, 3.8) is 0 Å². The SMILES string of the molecule is CC(C)C[C@@H](CCC(=O)O)C(=O)C(=O)O. The summed E-state index contributed by atoms with van der Waals surface area (Å²) in [7, 11) is 0. The Morgan fingerprint density at radius 1 is 1.13 bits per heavy atom. The fraction of sp³-hybridized carbons (Fsp3) is 0.700. The maximum absolute atomic E-state index is 11.2. The van der Waals surface area contributed by atoms with Crippen LogP contribution in [-0.2, 0) is 14.4 Å². The first-order valence-electron chi connectivity index (χ1n) is 4.83. The van der Waals surface area contributed by atoms with E-state index in [4.69, 9.17) is 10.2 Å². The molecule has 15 heavy (non-hydrogen) atoms. The largest absolute Gasteiger partial charge is 0.481 e. The molecule has 2 N–H and O–H groups in total. The highest BCUT2D eigenvalue weighted by Gasteiger charge is 2.25. The predicted octanol–water partition coefficient (Wildman–Crippen LogP) is 1.17. The van der Waals surface area contributed by atoms with Gasteiger partial charge >= 0.3 is 11.9 Å². The van der Waals surface area contributed by atoms with Crippen LogP contribution in [0.2, 0.25) is 0 Å². The Bertz CT molecular complexity index is 257. The Kier molecular flexibility index (Phi) is 5.59. The molecule has 0 heterocycles. The molecule has 5 nitrogen and oxygen atoms in total. The van der Waals surface area contributed by atoms with Crippen LogP contribution >= 0.6 is 0 Å². The first kappa shape index (κ1) is 13.6. The molecule has 0 saturated carbocycles. The van der Waals surface area contributed by atoms with E-state index in [1.807, 2.05) is 13.8 Å². The van der Waals surface area contributed by atoms with Crippen molar-refractivity contribution in [2.24, 2.45) is 11.8 Å². The molecular weight excluding hydrogens is 200 g/mol. The third-order valence-corrected chi connectivity index (χ3v) is 2.04. The molecule has 1 atom stereocenters. The monoisotopic (exact) mass is 216 g/mol. The van der Waals surface area contributed by atoms with Crippen LogP contribution in [0.4, 0.5) is 0 Å². The van der Waals surface area contributed by atoms with E-state index in [0.717, 1.165) is 0 Å². The molecule has 0 fully saturated rings. The van der Waals surface area contributed by atoms with E-state index in [1.54, 1.807) is 0 Å². The molecule has 0 aromatic carbocycles. The van der Waals surface area contributed by atoms with Crippen molar-refractivity contribution in [3.8, 4) is 0 Å². The molecule has 5 heteroatoms. The van der Waals surface area contributed by atoms with Gasteiger partial charge in [-0.05, 0) is 18.8 Å². The first-order valence-corrected chi connectivity index (χ1v) is 4.83. The summed E-state index contributed by atoms with van der Waals surface area (Å²) < 4.78 is 0. The summed E-state index contributed by atoms with van der Waals surface area (Å²) in [6.45, 7) is 3.73. The summed E-state index contributed by atoms with van der Waals surface area (Å²) in [5.41, 5.74) is 0. The van der Waals surface area contributed by atoms with E-state index in [9.17, 15) is 14.4 Å². The van der Waals surface area contributed by atoms with Crippen LogP contribution in [0, 0.1) is 11.8 Å². The Labute approximate surface area is 88.1 Å². The minimum absolute atomic E-state index is 0.0959. The van der Waals surface area contributed by atoms with Crippen LogP contribution in [-0.4, -0.2) is 27.9 Å². The fourth-order valence-corrected chi connectivity index (χ4v) is 1.40. The zero-order chi connectivity index (χ0) is 12.0. The van der Waals surface area contributed by atoms with Gasteiger partial charge in [0.1, 0.15) is 0 Å². The number of ketones is 1. The van der Waals surface area contributed by atoms with E-state index >= 15 is 0 Å². The zero-order valence-corrected chi connectivity index (χ0v) is 8.90. The maximum Gasteiger partial charge on any atom is 0.372 e. The van der Waals surface area contributed by atoms with Gasteiger partial charge in [-0.3, -0.25) is 9.59 Å². The third kappa shape index (κ3) is 5.83. The molecule has 0 radical (unpaired) electrons. The lowest BCUT2D eigenvalue weighted by atomic mass is 9.89. The molecule has 0 aliphatic heterocycles. The first-order chi connectivity index (χ1) is 6.84. The van der Waals surface area contributed by atoms with E-state index in [0.29, 0.717) is 6.42 Å². The van der Waals surface area contributed by atoms with E-state index < -0.39 is 23.6 Å². The average molecular weight is 216 g/mol. The summed E-state index contributed by atoms with van der Waals surface area (Å²) in [6, 6.07) is 0. The Hall–Kier alpha value is -1.39. The van der Waals surface area contributed by atoms with E-state index in [1.165, 1.54) is 0 Å². The van der Waals surface area contributed by atoms with Gasteiger partial charge in [0.05, 0.1) is 0 Å². The van der Waals surface area contributed by atoms with Crippen molar-refractivity contribution in [1.29, 1.82) is 0 Å². The maximum atomic E-state index is 11.2. The number of aliphatic carboxylic acids is 2. The van der Waals surface area contributed by atoms with Gasteiger partial charge in [0.2, 0.25) is 5.78 Å². The Balaban J connectivity index is 4.36. The topological polar surface area (TPSA) is 91.7 Å². The molecule has 0 aromatic heterocycles. The van der Waals surface area contributed by atoms with Crippen molar-refractivity contribution in [2.45, 2.75) is 33.1 Å². The number of carboxylic acids is 2. The molecule has 0 aliphatic carbocycles. The molecule has 0 aliphatic rings. The highest BCUT2D eigenvalue weighted by Crippen LogP contribution is 2.18. The number of hydrogen-bond donors (Lipinski definition) is 2. The lowest BCUT2D eigenvalue weighted by Crippen LogP contribution is -2.25. The normalized spacial score (nSPS) is 12.5. The minimum atomic E-state index is -1.48. The fourth-order valence-electron chi connectivity index (χ4n) is 1.40. The highest BCUT2D eigenvalue weighted by atomic mass is 16.4. The van der Waals surface area contributed by atoms with Crippen LogP contribution < -0.4 is 0 Å². The quantitative estimate of drug-likeness (QED) is 0.623. The molecule has 0 rings (SSSR count). The van der Waals surface area contributed by atoms with Gasteiger partial charge in [0.15, 0.2) is 0 Å². The molecule has 0 bridgehead atoms. The number of carbonyl (C=O) groups excluding carboxylic acids is 1. The van der Waals surface area contributed by atoms with E-state index in [2.05, 4.69) is 0 Å². The van der Waals surface area contributed by atoms with E-state index in [-0.39, 0.29) is 18.8 Å². The van der Waals surface area contributed by atoms with Crippen molar-refractivity contribution >= 4 is 17.7 Å². The molecule has 0 aromatic rings. The summed E-state index contributed by atoms with van der Waals surface area (Å²) in [4.78, 5) is 32.0. The zero-order valence-electron chi connectivity index (χ0n) is 8.90. The number of rotatable bonds is 7. The molecule has 0 unspecified atom stereocenters. The third-order valence-electron chi connectivity index (χ3n) is 2.04. The Morgan fingerprint density at radius 3 is 2.00 bits per heavy atom. The predicted molar refractivity (Wildman–Crippen MR) is 52.5 cm³/mol. The van der Waals surface area contributed by atoms with Crippen LogP contribution in [0.15, 0.2) is 0 Å². The van der Waals surface area contributed by atoms with Crippen molar-refractivity contribution in [2.75, 3.05) is 0 Å². The van der Waals surface area contributed by atoms with Gasteiger partial charge in [-0.25, -0.2) is 4.79 Å². The van der Waals surface area contributed by atoms with Crippen LogP contribution in [0.3, 0.4) is 0 Å². The second-order valence-corrected chi connectivity index (χ2v) is 3.93. The second-order valence-electron chi connectivity index (χ2n) is 3.93. The lowest BCUT2D eigenvalue weighted by molar-refractivity contribution is -0.151. The highest BCUT2D eigenvalue weighted by molar-refractivity contribution is 6.33. The van der Waals surface area contributed by atoms with Crippen LogP contribution in [0.1, 0.15) is 33.1 Å². The summed E-state index contributed by atoms with van der Waals surface area (Å²) in [5.74, 6) is -3.89. The second kappa shape index (κ2) is 6.16. The van der Waals surface area contributed by atoms with Gasteiger partial charge in [0.25, 0.3) is 0 Å². The van der Waals surface area contributed by atoms with Crippen molar-refractivity contribution in [3.05, 3.63) is 0 Å². The lowest BCUT2D eigenvalue weighted by Gasteiger charge is -2.14. The van der Waals surface area contributed by atoms with Crippen LogP contribution in [0.25, 0.3) is 0 Å². The molecule has 0 spiro atoms. The number of carbonyl (C=O) groups is 3. The number of hydrogen-bond acceptors (Lipinski definition) is 3. The average Bonchev–Trinajstić information content (AvgIpc) is 2.10. The smallest absolute Gasteiger partial charge is 0.372 e. The Morgan fingerprint density at radius 2 is 1.67 bits per heavy atom. The summed E-state index contributed by atoms with van der Waals surface area (Å²) >= 11 is 0. The van der Waals surface area contributed by atoms with Gasteiger partial charge in [-0.15, -0.1) is 0 Å². The van der Waals surface area contributed by atoms with Crippen molar-refractivity contribution in [1.82, 2.24) is 0 Å².